The zero-order chi connectivity index (χ0) is 13.0. The molecule has 3 nitrogen and oxygen atoms in total. The molecule has 0 atom stereocenters. The lowest BCUT2D eigenvalue weighted by Gasteiger charge is -2.27. The third-order valence-corrected chi connectivity index (χ3v) is 4.78. The maximum absolute atomic E-state index is 12.3. The van der Waals surface area contributed by atoms with Crippen molar-refractivity contribution in [2.45, 2.75) is 26.2 Å². The number of hydrogen-bond donors (Lipinski definition) is 1. The molecule has 0 unspecified atom stereocenters. The summed E-state index contributed by atoms with van der Waals surface area (Å²) in [6, 6.07) is 4.03. The standard InChI is InChI=1S/C14H22N2OS/c1-3-12-4-5-13(18-12)14(17)16(2)10-11-6-8-15-9-7-11/h4-5,11,15H,3,6-10H2,1-2H3. The van der Waals surface area contributed by atoms with E-state index in [2.05, 4.69) is 18.3 Å². The molecule has 0 saturated carbocycles. The monoisotopic (exact) mass is 266 g/mol. The minimum atomic E-state index is 0.179. The van der Waals surface area contributed by atoms with Crippen molar-refractivity contribution >= 4 is 17.2 Å². The van der Waals surface area contributed by atoms with Crippen LogP contribution in [0, 0.1) is 5.92 Å². The van der Waals surface area contributed by atoms with Crippen LogP contribution in [-0.2, 0) is 6.42 Å². The van der Waals surface area contributed by atoms with Crippen LogP contribution in [0.2, 0.25) is 0 Å². The third kappa shape index (κ3) is 3.33. The third-order valence-electron chi connectivity index (χ3n) is 3.56. The average molecular weight is 266 g/mol. The number of rotatable bonds is 4. The van der Waals surface area contributed by atoms with Crippen LogP contribution in [0.5, 0.6) is 0 Å². The highest BCUT2D eigenvalue weighted by Gasteiger charge is 2.19. The van der Waals surface area contributed by atoms with Gasteiger partial charge in [-0.25, -0.2) is 0 Å². The number of carbonyl (C=O) groups is 1. The summed E-state index contributed by atoms with van der Waals surface area (Å²) in [6.07, 6.45) is 3.38. The Hall–Kier alpha value is -0.870. The molecule has 1 aromatic heterocycles. The first kappa shape index (κ1) is 13.6. The second-order valence-corrected chi connectivity index (χ2v) is 6.17. The summed E-state index contributed by atoms with van der Waals surface area (Å²) in [4.78, 5) is 16.3. The summed E-state index contributed by atoms with van der Waals surface area (Å²) in [5.74, 6) is 0.837. The molecular formula is C14H22N2OS. The Balaban J connectivity index is 1.91. The normalized spacial score (nSPS) is 16.8. The van der Waals surface area contributed by atoms with Crippen LogP contribution in [0.1, 0.15) is 34.3 Å². The second kappa shape index (κ2) is 6.34. The Labute approximate surface area is 113 Å². The number of nitrogens with one attached hydrogen (secondary N) is 1. The van der Waals surface area contributed by atoms with Gasteiger partial charge in [0.2, 0.25) is 0 Å². The van der Waals surface area contributed by atoms with Gasteiger partial charge in [-0.1, -0.05) is 6.92 Å². The summed E-state index contributed by atoms with van der Waals surface area (Å²) in [5, 5.41) is 3.36. The summed E-state index contributed by atoms with van der Waals surface area (Å²) in [5.41, 5.74) is 0. The average Bonchev–Trinajstić information content (AvgIpc) is 2.87. The van der Waals surface area contributed by atoms with E-state index in [0.29, 0.717) is 5.92 Å². The van der Waals surface area contributed by atoms with E-state index in [-0.39, 0.29) is 5.91 Å². The van der Waals surface area contributed by atoms with Gasteiger partial charge in [-0.15, -0.1) is 11.3 Å². The lowest BCUT2D eigenvalue weighted by Crippen LogP contribution is -2.36. The van der Waals surface area contributed by atoms with Crippen molar-refractivity contribution in [3.63, 3.8) is 0 Å². The minimum absolute atomic E-state index is 0.179. The van der Waals surface area contributed by atoms with E-state index in [0.717, 1.165) is 30.9 Å². The first-order valence-electron chi connectivity index (χ1n) is 6.75. The lowest BCUT2D eigenvalue weighted by atomic mass is 9.98. The van der Waals surface area contributed by atoms with Gasteiger partial charge in [-0.2, -0.15) is 0 Å². The molecule has 0 spiro atoms. The fourth-order valence-corrected chi connectivity index (χ4v) is 3.35. The predicted octanol–water partition coefficient (Wildman–Crippen LogP) is 2.38. The van der Waals surface area contributed by atoms with E-state index in [9.17, 15) is 4.79 Å². The highest BCUT2D eigenvalue weighted by Crippen LogP contribution is 2.20. The number of nitrogens with zero attached hydrogens (tertiary/aromatic N) is 1. The van der Waals surface area contributed by atoms with Gasteiger partial charge >= 0.3 is 0 Å². The van der Waals surface area contributed by atoms with Crippen LogP contribution in [0.4, 0.5) is 0 Å². The molecule has 100 valence electrons. The molecule has 0 aliphatic carbocycles. The Morgan fingerprint density at radius 3 is 2.78 bits per heavy atom. The molecule has 1 aliphatic heterocycles. The largest absolute Gasteiger partial charge is 0.341 e. The molecule has 4 heteroatoms. The Morgan fingerprint density at radius 2 is 2.17 bits per heavy atom. The molecule has 18 heavy (non-hydrogen) atoms. The van der Waals surface area contributed by atoms with Gasteiger partial charge in [0, 0.05) is 18.5 Å². The van der Waals surface area contributed by atoms with Gasteiger partial charge in [0.15, 0.2) is 0 Å². The summed E-state index contributed by atoms with van der Waals surface area (Å²) in [6.45, 7) is 5.19. The molecule has 1 fully saturated rings. The molecule has 1 N–H and O–H groups in total. The van der Waals surface area contributed by atoms with E-state index in [1.807, 2.05) is 18.0 Å². The molecule has 1 amide bonds. The molecule has 1 saturated heterocycles. The Bertz CT molecular complexity index is 396. The van der Waals surface area contributed by atoms with Crippen LogP contribution >= 0.6 is 11.3 Å². The van der Waals surface area contributed by atoms with E-state index in [1.165, 1.54) is 17.7 Å². The summed E-state index contributed by atoms with van der Waals surface area (Å²) < 4.78 is 0. The topological polar surface area (TPSA) is 32.3 Å². The molecule has 0 aromatic carbocycles. The summed E-state index contributed by atoms with van der Waals surface area (Å²) >= 11 is 1.63. The maximum Gasteiger partial charge on any atom is 0.263 e. The Morgan fingerprint density at radius 1 is 1.44 bits per heavy atom. The van der Waals surface area contributed by atoms with Crippen molar-refractivity contribution in [1.82, 2.24) is 10.2 Å². The molecule has 0 radical (unpaired) electrons. The zero-order valence-corrected chi connectivity index (χ0v) is 12.1. The number of thiophene rings is 1. The van der Waals surface area contributed by atoms with Crippen molar-refractivity contribution in [2.24, 2.45) is 5.92 Å². The van der Waals surface area contributed by atoms with Gasteiger partial charge in [-0.05, 0) is 50.4 Å². The first-order valence-corrected chi connectivity index (χ1v) is 7.57. The highest BCUT2D eigenvalue weighted by atomic mass is 32.1. The Kier molecular flexibility index (Phi) is 4.78. The van der Waals surface area contributed by atoms with Gasteiger partial charge in [0.25, 0.3) is 5.91 Å². The van der Waals surface area contributed by atoms with Crippen molar-refractivity contribution < 1.29 is 4.79 Å². The lowest BCUT2D eigenvalue weighted by molar-refractivity contribution is 0.0767. The first-order chi connectivity index (χ1) is 8.70. The van der Waals surface area contributed by atoms with Crippen LogP contribution in [-0.4, -0.2) is 37.5 Å². The maximum atomic E-state index is 12.3. The summed E-state index contributed by atoms with van der Waals surface area (Å²) in [7, 11) is 1.93. The van der Waals surface area contributed by atoms with Crippen molar-refractivity contribution in [2.75, 3.05) is 26.7 Å². The molecule has 2 rings (SSSR count). The van der Waals surface area contributed by atoms with Crippen LogP contribution in [0.15, 0.2) is 12.1 Å². The number of hydrogen-bond acceptors (Lipinski definition) is 3. The van der Waals surface area contributed by atoms with Gasteiger partial charge in [0.1, 0.15) is 0 Å². The number of amides is 1. The quantitative estimate of drug-likeness (QED) is 0.907. The molecular weight excluding hydrogens is 244 g/mol. The van der Waals surface area contributed by atoms with E-state index in [4.69, 9.17) is 0 Å². The van der Waals surface area contributed by atoms with Gasteiger partial charge in [-0.3, -0.25) is 4.79 Å². The number of piperidine rings is 1. The molecule has 1 aromatic rings. The second-order valence-electron chi connectivity index (χ2n) is 5.00. The highest BCUT2D eigenvalue weighted by molar-refractivity contribution is 7.14. The van der Waals surface area contributed by atoms with E-state index < -0.39 is 0 Å². The van der Waals surface area contributed by atoms with E-state index >= 15 is 0 Å². The number of aryl methyl sites for hydroxylation is 1. The van der Waals surface area contributed by atoms with Crippen molar-refractivity contribution in [3.8, 4) is 0 Å². The van der Waals surface area contributed by atoms with Crippen LogP contribution < -0.4 is 5.32 Å². The fraction of sp³-hybridized carbons (Fsp3) is 0.643. The van der Waals surface area contributed by atoms with Crippen molar-refractivity contribution in [1.29, 1.82) is 0 Å². The predicted molar refractivity (Wildman–Crippen MR) is 76.3 cm³/mol. The van der Waals surface area contributed by atoms with Crippen LogP contribution in [0.3, 0.4) is 0 Å². The molecule has 0 bridgehead atoms. The molecule has 1 aliphatic rings. The van der Waals surface area contributed by atoms with Gasteiger partial charge in [0.05, 0.1) is 4.88 Å². The van der Waals surface area contributed by atoms with Crippen LogP contribution in [0.25, 0.3) is 0 Å². The van der Waals surface area contributed by atoms with Crippen molar-refractivity contribution in [3.05, 3.63) is 21.9 Å². The smallest absolute Gasteiger partial charge is 0.263 e. The number of carbonyl (C=O) groups excluding carboxylic acids is 1. The van der Waals surface area contributed by atoms with E-state index in [1.54, 1.807) is 11.3 Å². The zero-order valence-electron chi connectivity index (χ0n) is 11.2. The minimum Gasteiger partial charge on any atom is -0.341 e. The fourth-order valence-electron chi connectivity index (χ4n) is 2.41. The van der Waals surface area contributed by atoms with Gasteiger partial charge < -0.3 is 10.2 Å². The molecule has 2 heterocycles. The SMILES string of the molecule is CCc1ccc(C(=O)N(C)CC2CCNCC2)s1.